The molecule has 106 valence electrons. The molecular weight excluding hydrogens is 244 g/mol. The van der Waals surface area contributed by atoms with Crippen LogP contribution in [-0.2, 0) is 0 Å². The van der Waals surface area contributed by atoms with Gasteiger partial charge in [-0.25, -0.2) is 0 Å². The van der Waals surface area contributed by atoms with E-state index in [1.807, 2.05) is 0 Å². The fourth-order valence-electron chi connectivity index (χ4n) is 3.02. The highest BCUT2D eigenvalue weighted by Crippen LogP contribution is 2.33. The summed E-state index contributed by atoms with van der Waals surface area (Å²) in [7, 11) is 0. The van der Waals surface area contributed by atoms with Crippen LogP contribution in [0.4, 0.5) is 0 Å². The summed E-state index contributed by atoms with van der Waals surface area (Å²) in [6, 6.07) is 15.7. The van der Waals surface area contributed by atoms with Crippen LogP contribution in [0.5, 0.6) is 0 Å². The van der Waals surface area contributed by atoms with Crippen LogP contribution in [0.1, 0.15) is 31.4 Å². The largest absolute Gasteiger partial charge is 0.329 e. The number of likely N-dealkylation sites (N-methyl/N-ethyl adjacent to an activating group) is 1. The summed E-state index contributed by atoms with van der Waals surface area (Å²) in [5.74, 6) is 0.907. The van der Waals surface area contributed by atoms with E-state index in [2.05, 4.69) is 54.3 Å². The molecule has 20 heavy (non-hydrogen) atoms. The van der Waals surface area contributed by atoms with Gasteiger partial charge in [0.15, 0.2) is 0 Å². The Hall–Kier alpha value is -1.38. The van der Waals surface area contributed by atoms with Crippen molar-refractivity contribution in [2.24, 2.45) is 11.7 Å². The van der Waals surface area contributed by atoms with Gasteiger partial charge in [0, 0.05) is 19.1 Å². The van der Waals surface area contributed by atoms with Crippen molar-refractivity contribution in [3.8, 4) is 0 Å². The molecule has 2 aromatic carbocycles. The summed E-state index contributed by atoms with van der Waals surface area (Å²) in [5, 5.41) is 2.61. The van der Waals surface area contributed by atoms with Crippen LogP contribution in [0.2, 0.25) is 0 Å². The number of hydrogen-bond acceptors (Lipinski definition) is 2. The molecule has 1 atom stereocenters. The normalized spacial score (nSPS) is 16.8. The molecule has 1 aliphatic carbocycles. The molecule has 2 aromatic rings. The molecule has 3 rings (SSSR count). The fraction of sp³-hybridized carbons (Fsp3) is 0.444. The molecule has 1 saturated carbocycles. The number of benzene rings is 2. The van der Waals surface area contributed by atoms with E-state index >= 15 is 0 Å². The molecule has 0 radical (unpaired) electrons. The zero-order chi connectivity index (χ0) is 13.9. The van der Waals surface area contributed by atoms with Crippen LogP contribution in [0, 0.1) is 5.92 Å². The number of nitrogens with zero attached hydrogens (tertiary/aromatic N) is 1. The van der Waals surface area contributed by atoms with E-state index in [4.69, 9.17) is 5.73 Å². The fourth-order valence-corrected chi connectivity index (χ4v) is 3.02. The van der Waals surface area contributed by atoms with Gasteiger partial charge in [-0.15, -0.1) is 0 Å². The number of hydrogen-bond donors (Lipinski definition) is 1. The molecule has 1 aliphatic rings. The second-order valence-corrected chi connectivity index (χ2v) is 5.89. The van der Waals surface area contributed by atoms with Crippen molar-refractivity contribution in [3.05, 3.63) is 48.0 Å². The first kappa shape index (κ1) is 13.6. The minimum atomic E-state index is 0.352. The first-order valence-electron chi connectivity index (χ1n) is 7.74. The van der Waals surface area contributed by atoms with Crippen LogP contribution >= 0.6 is 0 Å². The van der Waals surface area contributed by atoms with E-state index in [0.717, 1.165) is 12.5 Å². The summed E-state index contributed by atoms with van der Waals surface area (Å²) in [5.41, 5.74) is 7.44. The number of fused-ring (bicyclic) bond motifs is 1. The van der Waals surface area contributed by atoms with Crippen molar-refractivity contribution in [2.75, 3.05) is 19.6 Å². The van der Waals surface area contributed by atoms with Crippen LogP contribution in [0.3, 0.4) is 0 Å². The van der Waals surface area contributed by atoms with Crippen LogP contribution in [0.15, 0.2) is 42.5 Å². The van der Waals surface area contributed by atoms with E-state index in [9.17, 15) is 0 Å². The molecule has 2 N–H and O–H groups in total. The van der Waals surface area contributed by atoms with Gasteiger partial charge in [-0.3, -0.25) is 4.90 Å². The van der Waals surface area contributed by atoms with Crippen molar-refractivity contribution in [2.45, 2.75) is 25.8 Å². The predicted molar refractivity (Wildman–Crippen MR) is 85.7 cm³/mol. The van der Waals surface area contributed by atoms with Gasteiger partial charge in [0.05, 0.1) is 0 Å². The van der Waals surface area contributed by atoms with Gasteiger partial charge in [-0.2, -0.15) is 0 Å². The Balaban J connectivity index is 1.88. The summed E-state index contributed by atoms with van der Waals surface area (Å²) in [4.78, 5) is 2.54. The van der Waals surface area contributed by atoms with E-state index < -0.39 is 0 Å². The highest BCUT2D eigenvalue weighted by molar-refractivity contribution is 5.83. The average Bonchev–Trinajstić information content (AvgIpc) is 3.31. The van der Waals surface area contributed by atoms with E-state index in [-0.39, 0.29) is 0 Å². The summed E-state index contributed by atoms with van der Waals surface area (Å²) in [6.07, 6.45) is 2.79. The third kappa shape index (κ3) is 2.87. The standard InChI is InChI=1S/C18H24N2/c1-2-20(13-14-7-8-14)18(12-19)17-10-9-15-5-3-4-6-16(15)11-17/h3-6,9-11,14,18H,2,7-8,12-13,19H2,1H3. The second kappa shape index (κ2) is 5.94. The topological polar surface area (TPSA) is 29.3 Å². The van der Waals surface area contributed by atoms with E-state index in [0.29, 0.717) is 12.6 Å². The SMILES string of the molecule is CCN(CC1CC1)C(CN)c1ccc2ccccc2c1. The molecule has 1 unspecified atom stereocenters. The molecule has 0 aliphatic heterocycles. The summed E-state index contributed by atoms with van der Waals surface area (Å²) >= 11 is 0. The second-order valence-electron chi connectivity index (χ2n) is 5.89. The van der Waals surface area contributed by atoms with Gasteiger partial charge >= 0.3 is 0 Å². The Kier molecular flexibility index (Phi) is 4.04. The molecule has 0 heterocycles. The average molecular weight is 268 g/mol. The van der Waals surface area contributed by atoms with Gasteiger partial charge in [0.1, 0.15) is 0 Å². The van der Waals surface area contributed by atoms with Gasteiger partial charge in [-0.05, 0) is 47.7 Å². The maximum Gasteiger partial charge on any atom is 0.0470 e. The Bertz CT molecular complexity index is 574. The Labute approximate surface area is 121 Å². The van der Waals surface area contributed by atoms with Crippen LogP contribution < -0.4 is 5.73 Å². The van der Waals surface area contributed by atoms with Crippen molar-refractivity contribution in [1.29, 1.82) is 0 Å². The monoisotopic (exact) mass is 268 g/mol. The lowest BCUT2D eigenvalue weighted by molar-refractivity contribution is 0.203. The summed E-state index contributed by atoms with van der Waals surface area (Å²) in [6.45, 7) is 5.21. The van der Waals surface area contributed by atoms with Crippen molar-refractivity contribution >= 4 is 10.8 Å². The zero-order valence-electron chi connectivity index (χ0n) is 12.3. The predicted octanol–water partition coefficient (Wildman–Crippen LogP) is 3.57. The molecule has 0 amide bonds. The minimum absolute atomic E-state index is 0.352. The zero-order valence-corrected chi connectivity index (χ0v) is 12.3. The third-order valence-electron chi connectivity index (χ3n) is 4.42. The smallest absolute Gasteiger partial charge is 0.0470 e. The first-order valence-corrected chi connectivity index (χ1v) is 7.74. The minimum Gasteiger partial charge on any atom is -0.329 e. The summed E-state index contributed by atoms with van der Waals surface area (Å²) < 4.78 is 0. The molecule has 0 aromatic heterocycles. The van der Waals surface area contributed by atoms with Crippen LogP contribution in [-0.4, -0.2) is 24.5 Å². The molecule has 0 saturated heterocycles. The van der Waals surface area contributed by atoms with Gasteiger partial charge in [0.2, 0.25) is 0 Å². The van der Waals surface area contributed by atoms with Crippen molar-refractivity contribution < 1.29 is 0 Å². The molecule has 1 fully saturated rings. The van der Waals surface area contributed by atoms with Gasteiger partial charge < -0.3 is 5.73 Å². The molecule has 2 nitrogen and oxygen atoms in total. The lowest BCUT2D eigenvalue weighted by Gasteiger charge is -2.30. The number of rotatable bonds is 6. The lowest BCUT2D eigenvalue weighted by atomic mass is 10.0. The third-order valence-corrected chi connectivity index (χ3v) is 4.42. The maximum atomic E-state index is 6.08. The van der Waals surface area contributed by atoms with E-state index in [1.165, 1.54) is 35.7 Å². The van der Waals surface area contributed by atoms with Crippen molar-refractivity contribution in [3.63, 3.8) is 0 Å². The maximum absolute atomic E-state index is 6.08. The van der Waals surface area contributed by atoms with Gasteiger partial charge in [-0.1, -0.05) is 43.3 Å². The number of nitrogens with two attached hydrogens (primary N) is 1. The quantitative estimate of drug-likeness (QED) is 0.867. The molecular formula is C18H24N2. The highest BCUT2D eigenvalue weighted by Gasteiger charge is 2.27. The Morgan fingerprint density at radius 1 is 1.15 bits per heavy atom. The first-order chi connectivity index (χ1) is 9.81. The Morgan fingerprint density at radius 3 is 2.55 bits per heavy atom. The molecule has 0 bridgehead atoms. The molecule has 0 spiro atoms. The Morgan fingerprint density at radius 2 is 1.90 bits per heavy atom. The van der Waals surface area contributed by atoms with Crippen molar-refractivity contribution in [1.82, 2.24) is 4.90 Å². The molecule has 2 heteroatoms. The van der Waals surface area contributed by atoms with E-state index in [1.54, 1.807) is 0 Å². The van der Waals surface area contributed by atoms with Crippen LogP contribution in [0.25, 0.3) is 10.8 Å². The lowest BCUT2D eigenvalue weighted by Crippen LogP contribution is -2.35. The highest BCUT2D eigenvalue weighted by atomic mass is 15.2. The van der Waals surface area contributed by atoms with Gasteiger partial charge in [0.25, 0.3) is 0 Å².